The van der Waals surface area contributed by atoms with Crippen LogP contribution < -0.4 is 0 Å². The molecule has 55 heavy (non-hydrogen) atoms. The molecule has 0 fully saturated rings. The molecular formula is C52H31N3. The van der Waals surface area contributed by atoms with Gasteiger partial charge in [0, 0.05) is 43.6 Å². The Morgan fingerprint density at radius 1 is 0.327 bits per heavy atom. The fraction of sp³-hybridized carbons (Fsp3) is 0. The van der Waals surface area contributed by atoms with Crippen LogP contribution in [0.3, 0.4) is 0 Å². The molecule has 12 rings (SSSR count). The van der Waals surface area contributed by atoms with Crippen LogP contribution in [0.15, 0.2) is 188 Å². The van der Waals surface area contributed by atoms with Crippen molar-refractivity contribution in [3.63, 3.8) is 0 Å². The predicted octanol–water partition coefficient (Wildman–Crippen LogP) is 13.8. The van der Waals surface area contributed by atoms with Crippen molar-refractivity contribution < 1.29 is 0 Å². The molecule has 0 bridgehead atoms. The van der Waals surface area contributed by atoms with Crippen LogP contribution in [0, 0.1) is 0 Å². The number of para-hydroxylation sites is 1. The molecule has 3 heterocycles. The van der Waals surface area contributed by atoms with E-state index in [-0.39, 0.29) is 0 Å². The van der Waals surface area contributed by atoms with E-state index < -0.39 is 0 Å². The third kappa shape index (κ3) is 4.50. The summed E-state index contributed by atoms with van der Waals surface area (Å²) in [5.41, 5.74) is 9.89. The highest BCUT2D eigenvalue weighted by atomic mass is 14.9. The first-order valence-electron chi connectivity index (χ1n) is 18.8. The Morgan fingerprint density at radius 3 is 1.67 bits per heavy atom. The Morgan fingerprint density at radius 2 is 0.891 bits per heavy atom. The maximum atomic E-state index is 5.43. The summed E-state index contributed by atoms with van der Waals surface area (Å²) >= 11 is 0. The first-order chi connectivity index (χ1) is 27.3. The third-order valence-corrected chi connectivity index (χ3v) is 11.5. The quantitative estimate of drug-likeness (QED) is 0.172. The van der Waals surface area contributed by atoms with Gasteiger partial charge in [0.15, 0.2) is 5.82 Å². The molecule has 0 aliphatic rings. The zero-order valence-electron chi connectivity index (χ0n) is 29.7. The van der Waals surface area contributed by atoms with Crippen LogP contribution in [0.2, 0.25) is 0 Å². The van der Waals surface area contributed by atoms with Gasteiger partial charge in [0.1, 0.15) is 0 Å². The lowest BCUT2D eigenvalue weighted by atomic mass is 9.96. The number of fused-ring (bicyclic) bond motifs is 13. The Kier molecular flexibility index (Phi) is 6.34. The lowest BCUT2D eigenvalue weighted by molar-refractivity contribution is 1.23. The summed E-state index contributed by atoms with van der Waals surface area (Å²) < 4.78 is 2.47. The molecule has 3 nitrogen and oxygen atoms in total. The second kappa shape index (κ2) is 11.6. The van der Waals surface area contributed by atoms with Crippen LogP contribution in [-0.2, 0) is 0 Å². The first-order valence-corrected chi connectivity index (χ1v) is 18.8. The molecular weight excluding hydrogens is 667 g/mol. The maximum Gasteiger partial charge on any atom is 0.160 e. The Hall–Kier alpha value is -7.36. The Balaban J connectivity index is 1.19. The summed E-state index contributed by atoms with van der Waals surface area (Å²) in [6, 6.07) is 68.0. The lowest BCUT2D eigenvalue weighted by Gasteiger charge is -2.13. The zero-order valence-corrected chi connectivity index (χ0v) is 29.7. The summed E-state index contributed by atoms with van der Waals surface area (Å²) in [6.45, 7) is 0. The number of hydrogen-bond donors (Lipinski definition) is 0. The predicted molar refractivity (Wildman–Crippen MR) is 232 cm³/mol. The van der Waals surface area contributed by atoms with Gasteiger partial charge in [0.2, 0.25) is 0 Å². The fourth-order valence-electron chi connectivity index (χ4n) is 8.94. The van der Waals surface area contributed by atoms with Gasteiger partial charge in [-0.25, -0.2) is 9.97 Å². The topological polar surface area (TPSA) is 30.2 Å². The third-order valence-electron chi connectivity index (χ3n) is 11.5. The van der Waals surface area contributed by atoms with Crippen molar-refractivity contribution in [1.82, 2.24) is 14.4 Å². The molecule has 254 valence electrons. The van der Waals surface area contributed by atoms with E-state index in [2.05, 4.69) is 192 Å². The summed E-state index contributed by atoms with van der Waals surface area (Å²) in [7, 11) is 0. The van der Waals surface area contributed by atoms with Crippen LogP contribution in [-0.4, -0.2) is 14.4 Å². The van der Waals surface area contributed by atoms with E-state index >= 15 is 0 Å². The number of nitrogens with zero attached hydrogens (tertiary/aromatic N) is 3. The summed E-state index contributed by atoms with van der Waals surface area (Å²) in [6.07, 6.45) is 0. The van der Waals surface area contributed by atoms with Crippen molar-refractivity contribution in [2.75, 3.05) is 0 Å². The van der Waals surface area contributed by atoms with E-state index in [1.165, 1.54) is 65.3 Å². The zero-order chi connectivity index (χ0) is 36.0. The number of hydrogen-bond acceptors (Lipinski definition) is 2. The van der Waals surface area contributed by atoms with E-state index in [0.717, 1.165) is 44.0 Å². The van der Waals surface area contributed by atoms with Crippen LogP contribution in [0.5, 0.6) is 0 Å². The van der Waals surface area contributed by atoms with Crippen LogP contribution in [0.25, 0.3) is 115 Å². The molecule has 0 amide bonds. The Labute approximate surface area is 316 Å². The van der Waals surface area contributed by atoms with Crippen LogP contribution >= 0.6 is 0 Å². The second-order valence-electron chi connectivity index (χ2n) is 14.6. The van der Waals surface area contributed by atoms with E-state index in [9.17, 15) is 0 Å². The number of rotatable bonds is 3. The van der Waals surface area contributed by atoms with Crippen molar-refractivity contribution in [3.05, 3.63) is 188 Å². The fourth-order valence-corrected chi connectivity index (χ4v) is 8.94. The summed E-state index contributed by atoms with van der Waals surface area (Å²) in [5, 5.41) is 13.1. The van der Waals surface area contributed by atoms with Crippen molar-refractivity contribution in [2.24, 2.45) is 0 Å². The molecule has 12 aromatic rings. The number of pyridine rings is 1. The molecule has 0 saturated carbocycles. The minimum absolute atomic E-state index is 0.709. The van der Waals surface area contributed by atoms with Crippen LogP contribution in [0.4, 0.5) is 0 Å². The lowest BCUT2D eigenvalue weighted by Crippen LogP contribution is -1.96. The standard InChI is InChI=1S/C52H31N3/c1-3-14-35-29-37(23-21-32(35)11-1)48-44-27-26-39(31-47(44)55-46-20-10-9-18-42(46)41-17-7-8-19-43(41)51(48)55)52-53-49(38-24-22-33-12-2-4-15-36(33)30-38)45-28-25-34-13-5-6-16-40(34)50(45)54-52/h1-31H. The van der Waals surface area contributed by atoms with Gasteiger partial charge < -0.3 is 4.40 Å². The van der Waals surface area contributed by atoms with Gasteiger partial charge in [0.25, 0.3) is 0 Å². The molecule has 0 atom stereocenters. The monoisotopic (exact) mass is 697 g/mol. The van der Waals surface area contributed by atoms with E-state index in [1.54, 1.807) is 0 Å². The summed E-state index contributed by atoms with van der Waals surface area (Å²) in [5.74, 6) is 0.709. The molecule has 9 aromatic carbocycles. The van der Waals surface area contributed by atoms with E-state index in [0.29, 0.717) is 5.82 Å². The number of benzene rings is 9. The number of aromatic nitrogens is 3. The molecule has 3 aromatic heterocycles. The minimum Gasteiger partial charge on any atom is -0.308 e. The van der Waals surface area contributed by atoms with Gasteiger partial charge in [0.05, 0.1) is 27.8 Å². The molecule has 0 aliphatic carbocycles. The largest absolute Gasteiger partial charge is 0.308 e. The highest BCUT2D eigenvalue weighted by Gasteiger charge is 2.21. The van der Waals surface area contributed by atoms with Gasteiger partial charge in [-0.3, -0.25) is 0 Å². The van der Waals surface area contributed by atoms with E-state index in [4.69, 9.17) is 9.97 Å². The molecule has 0 saturated heterocycles. The van der Waals surface area contributed by atoms with Crippen LogP contribution in [0.1, 0.15) is 0 Å². The van der Waals surface area contributed by atoms with Gasteiger partial charge in [-0.1, -0.05) is 158 Å². The van der Waals surface area contributed by atoms with Gasteiger partial charge in [-0.15, -0.1) is 0 Å². The summed E-state index contributed by atoms with van der Waals surface area (Å²) in [4.78, 5) is 10.8. The Bertz CT molecular complexity index is 3560. The minimum atomic E-state index is 0.709. The van der Waals surface area contributed by atoms with Gasteiger partial charge in [-0.05, 0) is 68.2 Å². The molecule has 0 spiro atoms. The smallest absolute Gasteiger partial charge is 0.160 e. The SMILES string of the molecule is c1ccc2cc(-c3nc(-c4ccc5c(-c6ccc7ccccc7c6)c6c7ccccc7c7ccccc7n6c5c4)nc4c3ccc3ccccc34)ccc2c1. The molecule has 3 heteroatoms. The van der Waals surface area contributed by atoms with Crippen molar-refractivity contribution in [2.45, 2.75) is 0 Å². The van der Waals surface area contributed by atoms with Crippen molar-refractivity contribution >= 4 is 81.3 Å². The highest BCUT2D eigenvalue weighted by molar-refractivity contribution is 6.22. The molecule has 0 unspecified atom stereocenters. The molecule has 0 radical (unpaired) electrons. The van der Waals surface area contributed by atoms with E-state index in [1.807, 2.05) is 0 Å². The van der Waals surface area contributed by atoms with Crippen molar-refractivity contribution in [3.8, 4) is 33.8 Å². The highest BCUT2D eigenvalue weighted by Crippen LogP contribution is 2.44. The average Bonchev–Trinajstić information content (AvgIpc) is 3.61. The normalized spacial score (nSPS) is 12.0. The average molecular weight is 698 g/mol. The van der Waals surface area contributed by atoms with Crippen molar-refractivity contribution in [1.29, 1.82) is 0 Å². The maximum absolute atomic E-state index is 5.43. The molecule has 0 N–H and O–H groups in total. The molecule has 0 aliphatic heterocycles. The first kappa shape index (κ1) is 30.1. The van der Waals surface area contributed by atoms with Gasteiger partial charge >= 0.3 is 0 Å². The second-order valence-corrected chi connectivity index (χ2v) is 14.6. The van der Waals surface area contributed by atoms with Gasteiger partial charge in [-0.2, -0.15) is 0 Å².